The number of phenolic OH excluding ortho intramolecular Hbond substituents is 1. The Kier molecular flexibility index (Phi) is 2.29. The maximum absolute atomic E-state index is 9.70. The van der Waals surface area contributed by atoms with Crippen LogP contribution < -0.4 is 0 Å². The van der Waals surface area contributed by atoms with Crippen molar-refractivity contribution in [3.8, 4) is 5.75 Å². The van der Waals surface area contributed by atoms with Crippen LogP contribution >= 0.6 is 0 Å². The van der Waals surface area contributed by atoms with Crippen LogP contribution in [0.25, 0.3) is 0 Å². The first-order chi connectivity index (χ1) is 6.92. The highest BCUT2D eigenvalue weighted by Crippen LogP contribution is 2.44. The summed E-state index contributed by atoms with van der Waals surface area (Å²) in [7, 11) is 0. The molecular weight excluding hydrogens is 184 g/mol. The second-order valence-electron chi connectivity index (χ2n) is 5.61. The molecule has 0 spiro atoms. The van der Waals surface area contributed by atoms with Gasteiger partial charge < -0.3 is 5.11 Å². The highest BCUT2D eigenvalue weighted by molar-refractivity contribution is 5.49. The van der Waals surface area contributed by atoms with Crippen molar-refractivity contribution in [2.45, 2.75) is 51.9 Å². The van der Waals surface area contributed by atoms with E-state index in [1.807, 2.05) is 12.1 Å². The van der Waals surface area contributed by atoms with Crippen molar-refractivity contribution in [1.82, 2.24) is 0 Å². The topological polar surface area (TPSA) is 20.2 Å². The van der Waals surface area contributed by atoms with Gasteiger partial charge in [0.05, 0.1) is 0 Å². The molecule has 82 valence electrons. The van der Waals surface area contributed by atoms with Crippen molar-refractivity contribution in [3.63, 3.8) is 0 Å². The Morgan fingerprint density at radius 3 is 2.53 bits per heavy atom. The molecule has 0 atom stereocenters. The van der Waals surface area contributed by atoms with Crippen LogP contribution in [0.15, 0.2) is 12.1 Å². The van der Waals surface area contributed by atoms with E-state index in [1.54, 1.807) is 0 Å². The molecule has 0 amide bonds. The van der Waals surface area contributed by atoms with E-state index in [2.05, 4.69) is 27.7 Å². The van der Waals surface area contributed by atoms with Crippen molar-refractivity contribution < 1.29 is 5.11 Å². The van der Waals surface area contributed by atoms with Crippen LogP contribution in [0.5, 0.6) is 5.75 Å². The number of benzene rings is 1. The lowest BCUT2D eigenvalue weighted by Crippen LogP contribution is -2.15. The van der Waals surface area contributed by atoms with E-state index in [-0.39, 0.29) is 5.41 Å². The van der Waals surface area contributed by atoms with Gasteiger partial charge >= 0.3 is 0 Å². The molecule has 0 radical (unpaired) electrons. The number of phenols is 1. The van der Waals surface area contributed by atoms with Crippen LogP contribution in [0.4, 0.5) is 0 Å². The summed E-state index contributed by atoms with van der Waals surface area (Å²) in [5.41, 5.74) is 4.44. The maximum atomic E-state index is 9.70. The summed E-state index contributed by atoms with van der Waals surface area (Å²) in [6.07, 6.45) is 2.31. The zero-order valence-corrected chi connectivity index (χ0v) is 10.1. The summed E-state index contributed by atoms with van der Waals surface area (Å²) >= 11 is 0. The summed E-state index contributed by atoms with van der Waals surface area (Å²) in [6, 6.07) is 3.88. The van der Waals surface area contributed by atoms with Crippen LogP contribution in [-0.4, -0.2) is 5.11 Å². The predicted molar refractivity (Wildman–Crippen MR) is 63.5 cm³/mol. The SMILES string of the molecule is CC(C)c1cc(O)cc2c1C(C)(C)CC2. The third kappa shape index (κ3) is 1.64. The highest BCUT2D eigenvalue weighted by atomic mass is 16.3. The average Bonchev–Trinajstić information content (AvgIpc) is 2.41. The zero-order chi connectivity index (χ0) is 11.2. The number of aromatic hydroxyl groups is 1. The first kappa shape index (κ1) is 10.5. The van der Waals surface area contributed by atoms with E-state index < -0.39 is 0 Å². The molecule has 2 rings (SSSR count). The first-order valence-electron chi connectivity index (χ1n) is 5.78. The van der Waals surface area contributed by atoms with Gasteiger partial charge in [-0.05, 0) is 53.0 Å². The summed E-state index contributed by atoms with van der Waals surface area (Å²) in [6.45, 7) is 9.01. The Balaban J connectivity index is 2.66. The quantitative estimate of drug-likeness (QED) is 0.738. The molecule has 0 saturated carbocycles. The van der Waals surface area contributed by atoms with Gasteiger partial charge in [-0.15, -0.1) is 0 Å². The minimum absolute atomic E-state index is 0.280. The molecule has 1 nitrogen and oxygen atoms in total. The van der Waals surface area contributed by atoms with Crippen LogP contribution in [0.2, 0.25) is 0 Å². The predicted octanol–water partition coefficient (Wildman–Crippen LogP) is 3.74. The van der Waals surface area contributed by atoms with Gasteiger partial charge in [0.1, 0.15) is 5.75 Å². The molecule has 1 heteroatoms. The molecule has 0 bridgehead atoms. The lowest BCUT2D eigenvalue weighted by molar-refractivity contribution is 0.472. The van der Waals surface area contributed by atoms with Crippen molar-refractivity contribution in [3.05, 3.63) is 28.8 Å². The van der Waals surface area contributed by atoms with Gasteiger partial charge in [-0.1, -0.05) is 27.7 Å². The highest BCUT2D eigenvalue weighted by Gasteiger charge is 2.33. The fourth-order valence-electron chi connectivity index (χ4n) is 2.76. The smallest absolute Gasteiger partial charge is 0.116 e. The fourth-order valence-corrected chi connectivity index (χ4v) is 2.76. The van der Waals surface area contributed by atoms with Gasteiger partial charge in [0.2, 0.25) is 0 Å². The van der Waals surface area contributed by atoms with Gasteiger partial charge in [-0.3, -0.25) is 0 Å². The van der Waals surface area contributed by atoms with Gasteiger partial charge in [0.25, 0.3) is 0 Å². The monoisotopic (exact) mass is 204 g/mol. The van der Waals surface area contributed by atoms with Gasteiger partial charge in [-0.25, -0.2) is 0 Å². The third-order valence-corrected chi connectivity index (χ3v) is 3.55. The Labute approximate surface area is 92.1 Å². The zero-order valence-electron chi connectivity index (χ0n) is 10.1. The molecule has 15 heavy (non-hydrogen) atoms. The Bertz CT molecular complexity index is 389. The van der Waals surface area contributed by atoms with E-state index in [9.17, 15) is 5.11 Å². The molecule has 1 aliphatic rings. The Hall–Kier alpha value is -0.980. The molecule has 0 heterocycles. The summed E-state index contributed by atoms with van der Waals surface area (Å²) < 4.78 is 0. The van der Waals surface area contributed by atoms with E-state index in [0.29, 0.717) is 11.7 Å². The second kappa shape index (κ2) is 3.26. The van der Waals surface area contributed by atoms with Crippen molar-refractivity contribution >= 4 is 0 Å². The minimum Gasteiger partial charge on any atom is -0.508 e. The lowest BCUT2D eigenvalue weighted by atomic mass is 9.80. The number of fused-ring (bicyclic) bond motifs is 1. The first-order valence-corrected chi connectivity index (χ1v) is 5.78. The number of aryl methyl sites for hydroxylation is 1. The maximum Gasteiger partial charge on any atom is 0.116 e. The van der Waals surface area contributed by atoms with Crippen LogP contribution in [0.1, 0.15) is 56.7 Å². The molecule has 0 aromatic heterocycles. The standard InChI is InChI=1S/C14H20O/c1-9(2)12-8-11(15)7-10-5-6-14(3,4)13(10)12/h7-9,15H,5-6H2,1-4H3. The van der Waals surface area contributed by atoms with E-state index >= 15 is 0 Å². The van der Waals surface area contributed by atoms with Crippen LogP contribution in [0, 0.1) is 0 Å². The molecule has 0 saturated heterocycles. The molecule has 0 aliphatic heterocycles. The van der Waals surface area contributed by atoms with Crippen LogP contribution in [-0.2, 0) is 11.8 Å². The van der Waals surface area contributed by atoms with Gasteiger partial charge in [0, 0.05) is 0 Å². The molecule has 0 unspecified atom stereocenters. The largest absolute Gasteiger partial charge is 0.508 e. The molecule has 1 aromatic carbocycles. The number of rotatable bonds is 1. The normalized spacial score (nSPS) is 18.2. The summed E-state index contributed by atoms with van der Waals surface area (Å²) in [5, 5.41) is 9.70. The van der Waals surface area contributed by atoms with Crippen molar-refractivity contribution in [2.24, 2.45) is 0 Å². The molecule has 1 N–H and O–H groups in total. The molecule has 1 aliphatic carbocycles. The molecular formula is C14H20O. The van der Waals surface area contributed by atoms with Crippen molar-refractivity contribution in [2.75, 3.05) is 0 Å². The summed E-state index contributed by atoms with van der Waals surface area (Å²) in [5.74, 6) is 0.915. The third-order valence-electron chi connectivity index (χ3n) is 3.55. The summed E-state index contributed by atoms with van der Waals surface area (Å²) in [4.78, 5) is 0. The fraction of sp³-hybridized carbons (Fsp3) is 0.571. The lowest BCUT2D eigenvalue weighted by Gasteiger charge is -2.24. The molecule has 1 aromatic rings. The van der Waals surface area contributed by atoms with E-state index in [1.165, 1.54) is 23.1 Å². The van der Waals surface area contributed by atoms with E-state index in [0.717, 1.165) is 6.42 Å². The minimum atomic E-state index is 0.280. The number of hydrogen-bond acceptors (Lipinski definition) is 1. The second-order valence-corrected chi connectivity index (χ2v) is 5.61. The molecule has 0 fully saturated rings. The van der Waals surface area contributed by atoms with Crippen molar-refractivity contribution in [1.29, 1.82) is 0 Å². The Morgan fingerprint density at radius 1 is 1.27 bits per heavy atom. The van der Waals surface area contributed by atoms with Crippen LogP contribution in [0.3, 0.4) is 0 Å². The van der Waals surface area contributed by atoms with Gasteiger partial charge in [0.15, 0.2) is 0 Å². The number of hydrogen-bond donors (Lipinski definition) is 1. The van der Waals surface area contributed by atoms with E-state index in [4.69, 9.17) is 0 Å². The Morgan fingerprint density at radius 2 is 1.93 bits per heavy atom. The van der Waals surface area contributed by atoms with Gasteiger partial charge in [-0.2, -0.15) is 0 Å². The average molecular weight is 204 g/mol.